The second-order valence-electron chi connectivity index (χ2n) is 4.32. The van der Waals surface area contributed by atoms with Gasteiger partial charge in [-0.3, -0.25) is 4.57 Å². The van der Waals surface area contributed by atoms with E-state index in [1.54, 1.807) is 6.92 Å². The number of rotatable bonds is 2. The number of hydrogen-bond donors (Lipinski definition) is 1. The highest BCUT2D eigenvalue weighted by atomic mass is 19.1. The molecule has 0 aliphatic carbocycles. The molecule has 1 saturated heterocycles. The second-order valence-corrected chi connectivity index (χ2v) is 4.32. The minimum absolute atomic E-state index is 0.138. The Morgan fingerprint density at radius 1 is 1.61 bits per heavy atom. The molecule has 3 heterocycles. The summed E-state index contributed by atoms with van der Waals surface area (Å²) in [4.78, 5) is 12.0. The molecule has 0 radical (unpaired) electrons. The molecule has 18 heavy (non-hydrogen) atoms. The van der Waals surface area contributed by atoms with E-state index >= 15 is 0 Å². The van der Waals surface area contributed by atoms with Gasteiger partial charge >= 0.3 is 0 Å². The van der Waals surface area contributed by atoms with Crippen molar-refractivity contribution in [3.05, 3.63) is 18.3 Å². The smallest absolute Gasteiger partial charge is 0.168 e. The number of aliphatic hydroxyl groups is 1. The zero-order valence-corrected chi connectivity index (χ0v) is 9.75. The Balaban J connectivity index is 2.06. The van der Waals surface area contributed by atoms with Gasteiger partial charge in [0.1, 0.15) is 19.4 Å². The molecule has 1 unspecified atom stereocenters. The molecule has 1 N–H and O–H groups in total. The lowest BCUT2D eigenvalue weighted by molar-refractivity contribution is -0.0351. The SMILES string of the molecule is [2H]c1nc(C)c2ncn([C@@H]3O[C@H](CO)CC3F)c2n1. The molecule has 1 aliphatic heterocycles. The van der Waals surface area contributed by atoms with Crippen molar-refractivity contribution in [3.8, 4) is 0 Å². The molecule has 3 rings (SSSR count). The van der Waals surface area contributed by atoms with E-state index in [-0.39, 0.29) is 19.3 Å². The molecule has 2 aromatic heterocycles. The van der Waals surface area contributed by atoms with E-state index in [9.17, 15) is 4.39 Å². The molecule has 3 atom stereocenters. The average molecular weight is 253 g/mol. The second kappa shape index (κ2) is 4.25. The summed E-state index contributed by atoms with van der Waals surface area (Å²) in [6.07, 6.45) is -1.19. The molecule has 6 nitrogen and oxygen atoms in total. The highest BCUT2D eigenvalue weighted by Gasteiger charge is 2.37. The van der Waals surface area contributed by atoms with Crippen LogP contribution in [0.3, 0.4) is 0 Å². The van der Waals surface area contributed by atoms with Crippen molar-refractivity contribution in [1.82, 2.24) is 19.5 Å². The summed E-state index contributed by atoms with van der Waals surface area (Å²) in [6, 6.07) is 0. The third kappa shape index (κ3) is 1.67. The van der Waals surface area contributed by atoms with Crippen LogP contribution in [0.2, 0.25) is 0 Å². The number of imidazole rings is 1. The zero-order valence-electron chi connectivity index (χ0n) is 10.7. The maximum Gasteiger partial charge on any atom is 0.168 e. The lowest BCUT2D eigenvalue weighted by Crippen LogP contribution is -2.16. The fourth-order valence-electron chi connectivity index (χ4n) is 2.17. The third-order valence-corrected chi connectivity index (χ3v) is 3.09. The number of hydrogen-bond acceptors (Lipinski definition) is 5. The first-order valence-electron chi connectivity index (χ1n) is 6.18. The van der Waals surface area contributed by atoms with Crippen molar-refractivity contribution >= 4 is 11.2 Å². The lowest BCUT2D eigenvalue weighted by atomic mass is 10.2. The van der Waals surface area contributed by atoms with Gasteiger partial charge < -0.3 is 9.84 Å². The number of halogens is 1. The van der Waals surface area contributed by atoms with Crippen molar-refractivity contribution < 1.29 is 15.6 Å². The molecule has 2 aromatic rings. The zero-order chi connectivity index (χ0) is 13.6. The van der Waals surface area contributed by atoms with Gasteiger partial charge in [-0.05, 0) is 6.92 Å². The highest BCUT2D eigenvalue weighted by Crippen LogP contribution is 2.32. The van der Waals surface area contributed by atoms with Crippen LogP contribution in [0, 0.1) is 6.92 Å². The summed E-state index contributed by atoms with van der Waals surface area (Å²) < 4.78 is 28.3. The van der Waals surface area contributed by atoms with Gasteiger partial charge in [-0.25, -0.2) is 19.3 Å². The molecule has 0 spiro atoms. The Hall–Kier alpha value is -1.60. The summed E-state index contributed by atoms with van der Waals surface area (Å²) in [6.45, 7) is 1.50. The van der Waals surface area contributed by atoms with E-state index in [0.717, 1.165) is 0 Å². The molecule has 0 amide bonds. The molecular formula is C11H13FN4O2. The molecule has 1 fully saturated rings. The highest BCUT2D eigenvalue weighted by molar-refractivity contribution is 5.72. The number of aryl methyl sites for hydroxylation is 1. The molecule has 0 aromatic carbocycles. The summed E-state index contributed by atoms with van der Waals surface area (Å²) >= 11 is 0. The van der Waals surface area contributed by atoms with Crippen molar-refractivity contribution in [2.24, 2.45) is 0 Å². The minimum atomic E-state index is -1.24. The monoisotopic (exact) mass is 253 g/mol. The standard InChI is InChI=1S/C11H13FN4O2/c1-6-9-10(14-4-13-6)16(5-15-9)11-8(12)2-7(3-17)18-11/h4-5,7-8,11,17H,2-3H2,1H3/t7-,8?,11+/m0/s1/i4D. The van der Waals surface area contributed by atoms with Gasteiger partial charge in [-0.1, -0.05) is 0 Å². The molecule has 96 valence electrons. The van der Waals surface area contributed by atoms with Crippen molar-refractivity contribution in [2.75, 3.05) is 6.61 Å². The molecule has 1 aliphatic rings. The van der Waals surface area contributed by atoms with Gasteiger partial charge in [0.15, 0.2) is 11.9 Å². The molecule has 7 heteroatoms. The van der Waals surface area contributed by atoms with Gasteiger partial charge in [-0.2, -0.15) is 0 Å². The van der Waals surface area contributed by atoms with Crippen LogP contribution in [-0.2, 0) is 4.74 Å². The normalized spacial score (nSPS) is 28.8. The van der Waals surface area contributed by atoms with Crippen LogP contribution in [0.4, 0.5) is 4.39 Å². The van der Waals surface area contributed by atoms with Crippen LogP contribution in [0.1, 0.15) is 19.7 Å². The van der Waals surface area contributed by atoms with E-state index in [1.807, 2.05) is 0 Å². The molecular weight excluding hydrogens is 239 g/mol. The van der Waals surface area contributed by atoms with Crippen molar-refractivity contribution in [3.63, 3.8) is 0 Å². The van der Waals surface area contributed by atoms with Gasteiger partial charge in [0.05, 0.1) is 24.7 Å². The summed E-state index contributed by atoms with van der Waals surface area (Å²) in [5.41, 5.74) is 1.48. The van der Waals surface area contributed by atoms with Crippen LogP contribution in [0.5, 0.6) is 0 Å². The Bertz CT molecular complexity index is 620. The predicted octanol–water partition coefficient (Wildman–Crippen LogP) is 0.753. The minimum Gasteiger partial charge on any atom is -0.394 e. The first-order valence-corrected chi connectivity index (χ1v) is 5.68. The Morgan fingerprint density at radius 3 is 3.17 bits per heavy atom. The summed E-state index contributed by atoms with van der Waals surface area (Å²) in [5, 5.41) is 9.03. The average Bonchev–Trinajstić information content (AvgIpc) is 2.92. The number of nitrogens with zero attached hydrogens (tertiary/aromatic N) is 4. The van der Waals surface area contributed by atoms with Gasteiger partial charge in [0.2, 0.25) is 0 Å². The molecule has 0 bridgehead atoms. The van der Waals surface area contributed by atoms with Crippen LogP contribution >= 0.6 is 0 Å². The van der Waals surface area contributed by atoms with E-state index < -0.39 is 18.5 Å². The topological polar surface area (TPSA) is 73.1 Å². The van der Waals surface area contributed by atoms with E-state index in [2.05, 4.69) is 15.0 Å². The van der Waals surface area contributed by atoms with Crippen LogP contribution in [0.25, 0.3) is 11.2 Å². The Kier molecular flexibility index (Phi) is 2.44. The van der Waals surface area contributed by atoms with Crippen molar-refractivity contribution in [2.45, 2.75) is 31.8 Å². The Morgan fingerprint density at radius 2 is 2.44 bits per heavy atom. The van der Waals surface area contributed by atoms with E-state index in [1.165, 1.54) is 10.9 Å². The van der Waals surface area contributed by atoms with Crippen LogP contribution in [-0.4, -0.2) is 43.5 Å². The lowest BCUT2D eigenvalue weighted by Gasteiger charge is -2.15. The van der Waals surface area contributed by atoms with E-state index in [4.69, 9.17) is 11.2 Å². The quantitative estimate of drug-likeness (QED) is 0.855. The summed E-state index contributed by atoms with van der Waals surface area (Å²) in [7, 11) is 0. The fourth-order valence-corrected chi connectivity index (χ4v) is 2.17. The first-order chi connectivity index (χ1) is 9.10. The summed E-state index contributed by atoms with van der Waals surface area (Å²) in [5.74, 6) is 0. The van der Waals surface area contributed by atoms with E-state index in [0.29, 0.717) is 16.9 Å². The third-order valence-electron chi connectivity index (χ3n) is 3.09. The number of aliphatic hydroxyl groups excluding tert-OH is 1. The molecule has 0 saturated carbocycles. The number of ether oxygens (including phenoxy) is 1. The number of alkyl halides is 1. The largest absolute Gasteiger partial charge is 0.394 e. The van der Waals surface area contributed by atoms with Gasteiger partial charge in [-0.15, -0.1) is 0 Å². The first kappa shape index (κ1) is 10.3. The Labute approximate surface area is 104 Å². The number of fused-ring (bicyclic) bond motifs is 1. The van der Waals surface area contributed by atoms with Gasteiger partial charge in [0, 0.05) is 6.42 Å². The predicted molar refractivity (Wildman–Crippen MR) is 60.6 cm³/mol. The fraction of sp³-hybridized carbons (Fsp3) is 0.545. The maximum absolute atomic E-state index is 13.9. The number of aromatic nitrogens is 4. The van der Waals surface area contributed by atoms with Crippen molar-refractivity contribution in [1.29, 1.82) is 0 Å². The maximum atomic E-state index is 13.9. The van der Waals surface area contributed by atoms with Gasteiger partial charge in [0.25, 0.3) is 0 Å². The van der Waals surface area contributed by atoms with Crippen LogP contribution in [0.15, 0.2) is 12.6 Å². The van der Waals surface area contributed by atoms with Crippen LogP contribution < -0.4 is 0 Å².